The quantitative estimate of drug-likeness (QED) is 0.701. The van der Waals surface area contributed by atoms with Gasteiger partial charge in [-0.15, -0.1) is 11.3 Å². The summed E-state index contributed by atoms with van der Waals surface area (Å²) in [5, 5.41) is 2.83. The van der Waals surface area contributed by atoms with E-state index in [0.29, 0.717) is 17.1 Å². The molecule has 0 unspecified atom stereocenters. The molecule has 0 radical (unpaired) electrons. The molecule has 2 N–H and O–H groups in total. The number of thiophene rings is 1. The highest BCUT2D eigenvalue weighted by atomic mass is 32.2. The first-order valence-corrected chi connectivity index (χ1v) is 11.3. The first-order chi connectivity index (χ1) is 12.5. The lowest BCUT2D eigenvalue weighted by molar-refractivity contribution is 0.103. The summed E-state index contributed by atoms with van der Waals surface area (Å²) in [7, 11) is -3.56. The summed E-state index contributed by atoms with van der Waals surface area (Å²) in [6, 6.07) is 8.36. The first-order valence-electron chi connectivity index (χ1n) is 9.02. The third-order valence-corrected chi connectivity index (χ3v) is 7.14. The van der Waals surface area contributed by atoms with Crippen molar-refractivity contribution in [3.8, 4) is 0 Å². The number of nitrogens with one attached hydrogen (secondary N) is 2. The van der Waals surface area contributed by atoms with E-state index in [1.807, 2.05) is 13.0 Å². The van der Waals surface area contributed by atoms with Gasteiger partial charge in [-0.3, -0.25) is 4.79 Å². The minimum atomic E-state index is -3.56. The predicted molar refractivity (Wildman–Crippen MR) is 105 cm³/mol. The summed E-state index contributed by atoms with van der Waals surface area (Å²) in [5.74, 6) is -0.183. The molecule has 26 heavy (non-hydrogen) atoms. The molecular weight excluding hydrogens is 368 g/mol. The summed E-state index contributed by atoms with van der Waals surface area (Å²) < 4.78 is 27.2. The van der Waals surface area contributed by atoms with E-state index in [1.54, 1.807) is 23.5 Å². The van der Waals surface area contributed by atoms with Crippen molar-refractivity contribution in [2.24, 2.45) is 0 Å². The van der Waals surface area contributed by atoms with Crippen LogP contribution in [0.1, 0.15) is 52.7 Å². The molecule has 0 spiro atoms. The Morgan fingerprint density at radius 3 is 2.77 bits per heavy atom. The lowest BCUT2D eigenvalue weighted by Gasteiger charge is -2.09. The smallest absolute Gasteiger partial charge is 0.265 e. The summed E-state index contributed by atoms with van der Waals surface area (Å²) in [5.41, 5.74) is 1.77. The number of rotatable bonds is 7. The van der Waals surface area contributed by atoms with E-state index in [9.17, 15) is 13.2 Å². The van der Waals surface area contributed by atoms with Gasteiger partial charge in [0, 0.05) is 17.1 Å². The molecule has 7 heteroatoms. The van der Waals surface area contributed by atoms with E-state index in [2.05, 4.69) is 10.0 Å². The van der Waals surface area contributed by atoms with Crippen LogP contribution >= 0.6 is 11.3 Å². The maximum absolute atomic E-state index is 12.5. The minimum Gasteiger partial charge on any atom is -0.321 e. The topological polar surface area (TPSA) is 75.3 Å². The lowest BCUT2D eigenvalue weighted by Crippen LogP contribution is -2.24. The Balaban J connectivity index is 1.72. The fourth-order valence-corrected chi connectivity index (χ4v) is 5.27. The van der Waals surface area contributed by atoms with Gasteiger partial charge in [0.1, 0.15) is 0 Å². The molecule has 0 fully saturated rings. The van der Waals surface area contributed by atoms with E-state index >= 15 is 0 Å². The number of sulfonamides is 1. The predicted octanol–water partition coefficient (Wildman–Crippen LogP) is 3.96. The van der Waals surface area contributed by atoms with Crippen molar-refractivity contribution < 1.29 is 13.2 Å². The maximum Gasteiger partial charge on any atom is 0.265 e. The average Bonchev–Trinajstić information content (AvgIpc) is 3.06. The zero-order valence-corrected chi connectivity index (χ0v) is 16.5. The summed E-state index contributed by atoms with van der Waals surface area (Å²) >= 11 is 1.54. The van der Waals surface area contributed by atoms with Crippen LogP contribution < -0.4 is 10.0 Å². The van der Waals surface area contributed by atoms with Gasteiger partial charge in [0.05, 0.1) is 9.77 Å². The summed E-state index contributed by atoms with van der Waals surface area (Å²) in [4.78, 5) is 14.7. The Bertz CT molecular complexity index is 864. The van der Waals surface area contributed by atoms with Crippen molar-refractivity contribution in [2.45, 2.75) is 50.3 Å². The Morgan fingerprint density at radius 2 is 2.00 bits per heavy atom. The number of carbonyl (C=O) groups is 1. The molecule has 140 valence electrons. The molecule has 0 atom stereocenters. The van der Waals surface area contributed by atoms with Gasteiger partial charge in [-0.1, -0.05) is 19.4 Å². The Morgan fingerprint density at radius 1 is 1.19 bits per heavy atom. The van der Waals surface area contributed by atoms with Crippen molar-refractivity contribution in [1.29, 1.82) is 0 Å². The standard InChI is InChI=1S/C19H24N2O3S2/c1-2-3-11-20-26(23,24)16-9-6-8-15(13-16)21-19(22)18-12-14-7-4-5-10-17(14)25-18/h6,8-9,12-13,20H,2-5,7,10-11H2,1H3,(H,21,22). The number of amides is 1. The number of fused-ring (bicyclic) bond motifs is 1. The van der Waals surface area contributed by atoms with Crippen molar-refractivity contribution >= 4 is 33.0 Å². The van der Waals surface area contributed by atoms with Crippen molar-refractivity contribution in [1.82, 2.24) is 4.72 Å². The average molecular weight is 393 g/mol. The lowest BCUT2D eigenvalue weighted by atomic mass is 9.99. The van der Waals surface area contributed by atoms with Crippen LogP contribution in [0.3, 0.4) is 0 Å². The summed E-state index contributed by atoms with van der Waals surface area (Å²) in [6.45, 7) is 2.42. The largest absolute Gasteiger partial charge is 0.321 e. The molecule has 1 aliphatic rings. The molecule has 5 nitrogen and oxygen atoms in total. The second kappa shape index (κ2) is 8.33. The number of hydrogen-bond acceptors (Lipinski definition) is 4. The normalized spacial score (nSPS) is 14.0. The van der Waals surface area contributed by atoms with Gasteiger partial charge >= 0.3 is 0 Å². The molecule has 2 aromatic rings. The van der Waals surface area contributed by atoms with Crippen molar-refractivity contribution in [3.63, 3.8) is 0 Å². The third-order valence-electron chi connectivity index (χ3n) is 4.45. The minimum absolute atomic E-state index is 0.164. The highest BCUT2D eigenvalue weighted by Gasteiger charge is 2.18. The van der Waals surface area contributed by atoms with Crippen LogP contribution in [0.5, 0.6) is 0 Å². The highest BCUT2D eigenvalue weighted by Crippen LogP contribution is 2.30. The van der Waals surface area contributed by atoms with Crippen molar-refractivity contribution in [2.75, 3.05) is 11.9 Å². The Hall–Kier alpha value is -1.70. The van der Waals surface area contributed by atoms with Gasteiger partial charge in [-0.2, -0.15) is 0 Å². The van der Waals surface area contributed by atoms with E-state index < -0.39 is 10.0 Å². The van der Waals surface area contributed by atoms with Gasteiger partial charge < -0.3 is 5.32 Å². The fraction of sp³-hybridized carbons (Fsp3) is 0.421. The number of anilines is 1. The zero-order chi connectivity index (χ0) is 18.6. The fourth-order valence-electron chi connectivity index (χ4n) is 3.00. The maximum atomic E-state index is 12.5. The molecule has 0 aliphatic heterocycles. The number of carbonyl (C=O) groups excluding carboxylic acids is 1. The Kier molecular flexibility index (Phi) is 6.11. The van der Waals surface area contributed by atoms with E-state index in [1.165, 1.54) is 35.4 Å². The molecule has 0 saturated carbocycles. The molecule has 1 heterocycles. The number of benzene rings is 1. The Labute approximate surface area is 158 Å². The second-order valence-electron chi connectivity index (χ2n) is 6.50. The van der Waals surface area contributed by atoms with E-state index in [0.717, 1.165) is 25.7 Å². The molecule has 0 bridgehead atoms. The SMILES string of the molecule is CCCCNS(=O)(=O)c1cccc(NC(=O)c2cc3c(s2)CCCC3)c1. The van der Waals surface area contributed by atoms with Crippen LogP contribution in [0.4, 0.5) is 5.69 Å². The molecule has 1 aromatic heterocycles. The van der Waals surface area contributed by atoms with Gasteiger partial charge in [0.25, 0.3) is 5.91 Å². The monoisotopic (exact) mass is 392 g/mol. The van der Waals surface area contributed by atoms with Crippen LogP contribution in [0.15, 0.2) is 35.2 Å². The van der Waals surface area contributed by atoms with Gasteiger partial charge in [0.15, 0.2) is 0 Å². The van der Waals surface area contributed by atoms with Crippen LogP contribution in [-0.2, 0) is 22.9 Å². The number of aryl methyl sites for hydroxylation is 2. The van der Waals surface area contributed by atoms with E-state index in [4.69, 9.17) is 0 Å². The number of unbranched alkanes of at least 4 members (excludes halogenated alkanes) is 1. The summed E-state index contributed by atoms with van der Waals surface area (Å²) in [6.07, 6.45) is 6.15. The van der Waals surface area contributed by atoms with Crippen LogP contribution in [0.2, 0.25) is 0 Å². The van der Waals surface area contributed by atoms with Gasteiger partial charge in [-0.05, 0) is 61.9 Å². The first kappa shape index (κ1) is 19.1. The van der Waals surface area contributed by atoms with Crippen LogP contribution in [0.25, 0.3) is 0 Å². The highest BCUT2D eigenvalue weighted by molar-refractivity contribution is 7.89. The zero-order valence-electron chi connectivity index (χ0n) is 14.9. The molecule has 0 saturated heterocycles. The second-order valence-corrected chi connectivity index (χ2v) is 9.40. The third kappa shape index (κ3) is 4.52. The molecule has 3 rings (SSSR count). The molecule has 1 aromatic carbocycles. The van der Waals surface area contributed by atoms with Crippen LogP contribution in [-0.4, -0.2) is 20.9 Å². The van der Waals surface area contributed by atoms with E-state index in [-0.39, 0.29) is 10.8 Å². The molecular formula is C19H24N2O3S2. The molecule has 1 amide bonds. The number of hydrogen-bond donors (Lipinski definition) is 2. The molecule has 1 aliphatic carbocycles. The van der Waals surface area contributed by atoms with Crippen molar-refractivity contribution in [3.05, 3.63) is 45.6 Å². The van der Waals surface area contributed by atoms with Gasteiger partial charge in [-0.25, -0.2) is 13.1 Å². The van der Waals surface area contributed by atoms with Gasteiger partial charge in [0.2, 0.25) is 10.0 Å². The van der Waals surface area contributed by atoms with Crippen LogP contribution in [0, 0.1) is 0 Å².